The predicted octanol–water partition coefficient (Wildman–Crippen LogP) is 2.73. The number of methoxy groups -OCH3 is 1. The van der Waals surface area contributed by atoms with Crippen molar-refractivity contribution in [1.29, 1.82) is 0 Å². The van der Waals surface area contributed by atoms with Gasteiger partial charge in [-0.3, -0.25) is 19.2 Å². The van der Waals surface area contributed by atoms with Gasteiger partial charge in [-0.05, 0) is 12.1 Å². The van der Waals surface area contributed by atoms with E-state index in [2.05, 4.69) is 0 Å². The van der Waals surface area contributed by atoms with Crippen molar-refractivity contribution < 1.29 is 37.7 Å². The highest BCUT2D eigenvalue weighted by Gasteiger charge is 2.23. The standard InChI is InChI=1S/C20H16O9/c1-9(21)26-14-6-5-13-18(20(14)28-11(3)23)19(24)17-15(27-10(2)22)7-12(25-4)8-16(17)29-13/h5-8H,1-4H3. The fraction of sp³-hybridized carbons (Fsp3) is 0.200. The molecule has 3 rings (SSSR count). The second-order valence-electron chi connectivity index (χ2n) is 5.98. The molecule has 1 heterocycles. The fourth-order valence-electron chi connectivity index (χ4n) is 2.79. The number of esters is 3. The Labute approximate surface area is 163 Å². The SMILES string of the molecule is COc1cc(OC(C)=O)c2c(=O)c3c(OC(C)=O)c(OC(C)=O)ccc3oc2c1. The summed E-state index contributed by atoms with van der Waals surface area (Å²) in [5.41, 5.74) is -0.491. The van der Waals surface area contributed by atoms with Crippen LogP contribution in [-0.4, -0.2) is 25.0 Å². The van der Waals surface area contributed by atoms with Crippen LogP contribution in [0, 0.1) is 0 Å². The van der Waals surface area contributed by atoms with Crippen LogP contribution in [0.1, 0.15) is 20.8 Å². The van der Waals surface area contributed by atoms with E-state index in [0.29, 0.717) is 5.75 Å². The van der Waals surface area contributed by atoms with E-state index in [1.54, 1.807) is 0 Å². The molecule has 0 aliphatic rings. The number of hydrogen-bond donors (Lipinski definition) is 0. The van der Waals surface area contributed by atoms with Gasteiger partial charge in [0.25, 0.3) is 0 Å². The quantitative estimate of drug-likeness (QED) is 0.370. The van der Waals surface area contributed by atoms with Gasteiger partial charge in [-0.1, -0.05) is 0 Å². The third-order valence-electron chi connectivity index (χ3n) is 3.79. The Morgan fingerprint density at radius 2 is 1.41 bits per heavy atom. The number of benzene rings is 2. The zero-order valence-electron chi connectivity index (χ0n) is 16.0. The molecule has 9 nitrogen and oxygen atoms in total. The molecule has 0 bridgehead atoms. The molecule has 9 heteroatoms. The summed E-state index contributed by atoms with van der Waals surface area (Å²) in [6, 6.07) is 5.54. The zero-order chi connectivity index (χ0) is 21.3. The molecule has 150 valence electrons. The first-order valence-corrected chi connectivity index (χ1v) is 8.38. The number of carbonyl (C=O) groups is 3. The van der Waals surface area contributed by atoms with E-state index < -0.39 is 23.3 Å². The monoisotopic (exact) mass is 400 g/mol. The van der Waals surface area contributed by atoms with E-state index in [1.807, 2.05) is 0 Å². The Balaban J connectivity index is 2.46. The Kier molecular flexibility index (Phi) is 5.22. The van der Waals surface area contributed by atoms with Crippen LogP contribution in [0.4, 0.5) is 0 Å². The molecule has 3 aromatic rings. The van der Waals surface area contributed by atoms with Gasteiger partial charge >= 0.3 is 17.9 Å². The van der Waals surface area contributed by atoms with Crippen LogP contribution in [0.3, 0.4) is 0 Å². The average molecular weight is 400 g/mol. The molecule has 29 heavy (non-hydrogen) atoms. The number of carbonyl (C=O) groups excluding carboxylic acids is 3. The van der Waals surface area contributed by atoms with Gasteiger partial charge in [-0.15, -0.1) is 0 Å². The maximum absolute atomic E-state index is 13.3. The van der Waals surface area contributed by atoms with Crippen LogP contribution in [0.15, 0.2) is 33.5 Å². The minimum atomic E-state index is -0.736. The third kappa shape index (κ3) is 3.88. The second-order valence-corrected chi connectivity index (χ2v) is 5.98. The summed E-state index contributed by atoms with van der Waals surface area (Å²) in [4.78, 5) is 47.8. The minimum absolute atomic E-state index is 0.0664. The number of hydrogen-bond acceptors (Lipinski definition) is 9. The Morgan fingerprint density at radius 3 is 2.00 bits per heavy atom. The fourth-order valence-corrected chi connectivity index (χ4v) is 2.79. The highest BCUT2D eigenvalue weighted by atomic mass is 16.6. The highest BCUT2D eigenvalue weighted by Crippen LogP contribution is 2.38. The van der Waals surface area contributed by atoms with Crippen LogP contribution in [0.2, 0.25) is 0 Å². The van der Waals surface area contributed by atoms with E-state index in [4.69, 9.17) is 23.4 Å². The lowest BCUT2D eigenvalue weighted by Crippen LogP contribution is -2.12. The maximum atomic E-state index is 13.3. The molecule has 0 fully saturated rings. The van der Waals surface area contributed by atoms with E-state index in [-0.39, 0.29) is 39.2 Å². The van der Waals surface area contributed by atoms with Gasteiger partial charge in [-0.2, -0.15) is 0 Å². The molecule has 0 aliphatic carbocycles. The molecule has 0 saturated carbocycles. The molecule has 0 amide bonds. The molecule has 1 aromatic heterocycles. The number of rotatable bonds is 4. The summed E-state index contributed by atoms with van der Waals surface area (Å²) in [5, 5.41) is -0.216. The Hall–Kier alpha value is -3.88. The Morgan fingerprint density at radius 1 is 0.793 bits per heavy atom. The van der Waals surface area contributed by atoms with E-state index in [0.717, 1.165) is 13.8 Å². The van der Waals surface area contributed by atoms with E-state index in [9.17, 15) is 19.2 Å². The minimum Gasteiger partial charge on any atom is -0.496 e. The van der Waals surface area contributed by atoms with Gasteiger partial charge in [0.2, 0.25) is 5.43 Å². The van der Waals surface area contributed by atoms with E-state index >= 15 is 0 Å². The van der Waals surface area contributed by atoms with Gasteiger partial charge in [0.1, 0.15) is 33.4 Å². The van der Waals surface area contributed by atoms with Crippen molar-refractivity contribution in [1.82, 2.24) is 0 Å². The van der Waals surface area contributed by atoms with Gasteiger partial charge < -0.3 is 23.4 Å². The summed E-state index contributed by atoms with van der Waals surface area (Å²) in [6.45, 7) is 3.47. The zero-order valence-corrected chi connectivity index (χ0v) is 16.0. The normalized spacial score (nSPS) is 10.6. The molecule has 0 N–H and O–H groups in total. The van der Waals surface area contributed by atoms with Gasteiger partial charge in [0, 0.05) is 32.9 Å². The Bertz CT molecular complexity index is 1220. The predicted molar refractivity (Wildman–Crippen MR) is 100 cm³/mol. The van der Waals surface area contributed by atoms with E-state index in [1.165, 1.54) is 38.3 Å². The summed E-state index contributed by atoms with van der Waals surface area (Å²) in [6.07, 6.45) is 0. The van der Waals surface area contributed by atoms with Crippen molar-refractivity contribution in [3.05, 3.63) is 34.5 Å². The molecular formula is C20H16O9. The first kappa shape index (κ1) is 19.9. The van der Waals surface area contributed by atoms with Gasteiger partial charge in [-0.25, -0.2) is 0 Å². The lowest BCUT2D eigenvalue weighted by Gasteiger charge is -2.13. The van der Waals surface area contributed by atoms with Crippen LogP contribution >= 0.6 is 0 Å². The van der Waals surface area contributed by atoms with Crippen LogP contribution in [-0.2, 0) is 14.4 Å². The average Bonchev–Trinajstić information content (AvgIpc) is 2.61. The van der Waals surface area contributed by atoms with Crippen LogP contribution in [0.25, 0.3) is 21.9 Å². The maximum Gasteiger partial charge on any atom is 0.308 e. The summed E-state index contributed by atoms with van der Waals surface area (Å²) < 4.78 is 26.3. The molecule has 0 unspecified atom stereocenters. The van der Waals surface area contributed by atoms with Crippen molar-refractivity contribution in [3.8, 4) is 23.0 Å². The van der Waals surface area contributed by atoms with Crippen LogP contribution in [0.5, 0.6) is 23.0 Å². The lowest BCUT2D eigenvalue weighted by molar-refractivity contribution is -0.134. The molecular weight excluding hydrogens is 384 g/mol. The smallest absolute Gasteiger partial charge is 0.308 e. The lowest BCUT2D eigenvalue weighted by atomic mass is 10.1. The summed E-state index contributed by atoms with van der Waals surface area (Å²) >= 11 is 0. The largest absolute Gasteiger partial charge is 0.496 e. The van der Waals surface area contributed by atoms with Crippen molar-refractivity contribution in [2.24, 2.45) is 0 Å². The molecule has 2 aromatic carbocycles. The first-order valence-electron chi connectivity index (χ1n) is 8.38. The number of fused-ring (bicyclic) bond motifs is 2. The molecule has 0 spiro atoms. The van der Waals surface area contributed by atoms with Crippen molar-refractivity contribution >= 4 is 39.8 Å². The van der Waals surface area contributed by atoms with Crippen molar-refractivity contribution in [2.45, 2.75) is 20.8 Å². The summed E-state index contributed by atoms with van der Waals surface area (Å²) in [5.74, 6) is -2.26. The van der Waals surface area contributed by atoms with Crippen molar-refractivity contribution in [3.63, 3.8) is 0 Å². The van der Waals surface area contributed by atoms with Gasteiger partial charge in [0.05, 0.1) is 7.11 Å². The topological polar surface area (TPSA) is 118 Å². The van der Waals surface area contributed by atoms with Gasteiger partial charge in [0.15, 0.2) is 11.5 Å². The third-order valence-corrected chi connectivity index (χ3v) is 3.79. The van der Waals surface area contributed by atoms with Crippen LogP contribution < -0.4 is 24.4 Å². The second kappa shape index (κ2) is 7.63. The molecule has 0 radical (unpaired) electrons. The molecule has 0 aliphatic heterocycles. The highest BCUT2D eigenvalue weighted by molar-refractivity contribution is 5.99. The van der Waals surface area contributed by atoms with Crippen molar-refractivity contribution in [2.75, 3.05) is 7.11 Å². The first-order chi connectivity index (χ1) is 13.7. The molecule has 0 saturated heterocycles. The molecule has 0 atom stereocenters. The number of ether oxygens (including phenoxy) is 4. The summed E-state index contributed by atoms with van der Waals surface area (Å²) in [7, 11) is 1.40.